The molecule has 5 nitrogen and oxygen atoms in total. The van der Waals surface area contributed by atoms with Gasteiger partial charge in [-0.05, 0) is 31.1 Å². The molecule has 2 aliphatic rings. The van der Waals surface area contributed by atoms with Gasteiger partial charge < -0.3 is 20.4 Å². The lowest BCUT2D eigenvalue weighted by molar-refractivity contribution is -0.0628. The molecule has 2 fully saturated rings. The molecule has 1 saturated heterocycles. The molecular weight excluding hydrogens is 244 g/mol. The number of nitrogens with one attached hydrogen (secondary N) is 1. The minimum absolute atomic E-state index is 0.134. The molecule has 5 heteroatoms. The Hall–Kier alpha value is -0.810. The van der Waals surface area contributed by atoms with E-state index < -0.39 is 11.7 Å². The molecule has 1 heterocycles. The fraction of sp³-hybridized carbons (Fsp3) is 0.929. The molecule has 2 atom stereocenters. The monoisotopic (exact) mass is 270 g/mol. The fourth-order valence-corrected chi connectivity index (χ4v) is 2.84. The number of carbonyl (C=O) groups is 1. The Kier molecular flexibility index (Phi) is 3.80. The zero-order chi connectivity index (χ0) is 14.3. The fourth-order valence-electron chi connectivity index (χ4n) is 2.84. The van der Waals surface area contributed by atoms with Crippen molar-refractivity contribution >= 4 is 6.09 Å². The maximum Gasteiger partial charge on any atom is 0.407 e. The molecule has 1 aliphatic carbocycles. The van der Waals surface area contributed by atoms with Gasteiger partial charge in [-0.25, -0.2) is 4.79 Å². The van der Waals surface area contributed by atoms with Crippen LogP contribution in [0.1, 0.15) is 46.5 Å². The van der Waals surface area contributed by atoms with Crippen molar-refractivity contribution in [1.82, 2.24) is 10.2 Å². The Bertz CT molecular complexity index is 349. The zero-order valence-corrected chi connectivity index (χ0v) is 12.1. The van der Waals surface area contributed by atoms with E-state index in [1.54, 1.807) is 0 Å². The van der Waals surface area contributed by atoms with E-state index in [0.717, 1.165) is 0 Å². The summed E-state index contributed by atoms with van der Waals surface area (Å²) in [6.45, 7) is 7.10. The van der Waals surface area contributed by atoms with Crippen molar-refractivity contribution in [2.45, 2.75) is 64.1 Å². The van der Waals surface area contributed by atoms with Crippen LogP contribution in [-0.2, 0) is 0 Å². The predicted molar refractivity (Wildman–Crippen MR) is 73.2 cm³/mol. The number of likely N-dealkylation sites (tertiary alicyclic amines) is 1. The summed E-state index contributed by atoms with van der Waals surface area (Å²) in [6, 6.07) is 0.430. The van der Waals surface area contributed by atoms with Gasteiger partial charge in [-0.3, -0.25) is 0 Å². The topological polar surface area (TPSA) is 72.8 Å². The Morgan fingerprint density at radius 3 is 2.53 bits per heavy atom. The summed E-state index contributed by atoms with van der Waals surface area (Å²) in [7, 11) is 0. The molecule has 19 heavy (non-hydrogen) atoms. The van der Waals surface area contributed by atoms with Crippen LogP contribution in [0.5, 0.6) is 0 Å². The van der Waals surface area contributed by atoms with Crippen molar-refractivity contribution in [3.8, 4) is 0 Å². The molecule has 0 aromatic rings. The summed E-state index contributed by atoms with van der Waals surface area (Å²) in [5.74, 6) is 0. The molecule has 1 saturated carbocycles. The number of hydrogen-bond acceptors (Lipinski definition) is 3. The summed E-state index contributed by atoms with van der Waals surface area (Å²) < 4.78 is 0. The highest BCUT2D eigenvalue weighted by molar-refractivity contribution is 5.65. The highest BCUT2D eigenvalue weighted by Crippen LogP contribution is 2.36. The van der Waals surface area contributed by atoms with Gasteiger partial charge in [-0.1, -0.05) is 20.8 Å². The minimum Gasteiger partial charge on any atom is -0.465 e. The van der Waals surface area contributed by atoms with Crippen molar-refractivity contribution in [3.63, 3.8) is 0 Å². The van der Waals surface area contributed by atoms with Crippen LogP contribution in [-0.4, -0.2) is 52.0 Å². The van der Waals surface area contributed by atoms with Gasteiger partial charge in [0, 0.05) is 25.2 Å². The second-order valence-electron chi connectivity index (χ2n) is 7.19. The van der Waals surface area contributed by atoms with E-state index in [1.807, 2.05) is 20.8 Å². The van der Waals surface area contributed by atoms with E-state index in [9.17, 15) is 15.0 Å². The van der Waals surface area contributed by atoms with Crippen LogP contribution in [0, 0.1) is 5.41 Å². The number of piperidine rings is 1. The van der Waals surface area contributed by atoms with Gasteiger partial charge in [0.1, 0.15) is 0 Å². The van der Waals surface area contributed by atoms with Crippen molar-refractivity contribution in [2.75, 3.05) is 13.1 Å². The van der Waals surface area contributed by atoms with Crippen LogP contribution in [0.2, 0.25) is 0 Å². The molecule has 2 rings (SSSR count). The first-order valence-corrected chi connectivity index (χ1v) is 7.17. The van der Waals surface area contributed by atoms with Crippen molar-refractivity contribution in [2.24, 2.45) is 5.41 Å². The second-order valence-corrected chi connectivity index (χ2v) is 7.19. The van der Waals surface area contributed by atoms with E-state index in [0.29, 0.717) is 32.0 Å². The number of carboxylic acid groups (broad SMARTS) is 1. The van der Waals surface area contributed by atoms with E-state index in [2.05, 4.69) is 5.32 Å². The Labute approximate surface area is 115 Å². The van der Waals surface area contributed by atoms with Crippen LogP contribution < -0.4 is 5.32 Å². The van der Waals surface area contributed by atoms with Crippen molar-refractivity contribution in [1.29, 1.82) is 0 Å². The van der Waals surface area contributed by atoms with Gasteiger partial charge >= 0.3 is 6.09 Å². The number of amides is 1. The Balaban J connectivity index is 2.04. The molecule has 1 aliphatic heterocycles. The first kappa shape index (κ1) is 14.6. The van der Waals surface area contributed by atoms with Gasteiger partial charge in [0.25, 0.3) is 0 Å². The molecule has 110 valence electrons. The molecular formula is C14H26N2O3. The molecule has 0 bridgehead atoms. The lowest BCUT2D eigenvalue weighted by atomic mass is 9.75. The smallest absolute Gasteiger partial charge is 0.407 e. The quantitative estimate of drug-likeness (QED) is 0.729. The van der Waals surface area contributed by atoms with E-state index in [-0.39, 0.29) is 11.5 Å². The average Bonchev–Trinajstić information content (AvgIpc) is 3.08. The van der Waals surface area contributed by atoms with Crippen LogP contribution in [0.3, 0.4) is 0 Å². The first-order chi connectivity index (χ1) is 8.71. The van der Waals surface area contributed by atoms with Crippen LogP contribution in [0.25, 0.3) is 0 Å². The number of aliphatic hydroxyl groups is 1. The first-order valence-electron chi connectivity index (χ1n) is 7.17. The minimum atomic E-state index is -0.878. The summed E-state index contributed by atoms with van der Waals surface area (Å²) in [5.41, 5.74) is -0.932. The maximum atomic E-state index is 11.3. The zero-order valence-electron chi connectivity index (χ0n) is 12.1. The van der Waals surface area contributed by atoms with Crippen LogP contribution in [0.15, 0.2) is 0 Å². The van der Waals surface area contributed by atoms with Gasteiger partial charge in [0.15, 0.2) is 0 Å². The van der Waals surface area contributed by atoms with Gasteiger partial charge in [-0.15, -0.1) is 0 Å². The van der Waals surface area contributed by atoms with Crippen molar-refractivity contribution < 1.29 is 15.0 Å². The standard InChI is InChI=1S/C14H26N2O3/c1-13(2,3)11-8-14(19,9-15-10-4-5-10)6-7-16(11)12(17)18/h10-11,15,19H,4-9H2,1-3H3,(H,17,18). The van der Waals surface area contributed by atoms with Gasteiger partial charge in [-0.2, -0.15) is 0 Å². The number of hydrogen-bond donors (Lipinski definition) is 3. The normalized spacial score (nSPS) is 32.4. The lowest BCUT2D eigenvalue weighted by Gasteiger charge is -2.48. The Morgan fingerprint density at radius 2 is 2.05 bits per heavy atom. The molecule has 0 aromatic heterocycles. The molecule has 3 N–H and O–H groups in total. The van der Waals surface area contributed by atoms with E-state index >= 15 is 0 Å². The lowest BCUT2D eigenvalue weighted by Crippen LogP contribution is -2.59. The van der Waals surface area contributed by atoms with Crippen LogP contribution in [0.4, 0.5) is 4.79 Å². The highest BCUT2D eigenvalue weighted by Gasteiger charge is 2.45. The highest BCUT2D eigenvalue weighted by atomic mass is 16.4. The maximum absolute atomic E-state index is 11.3. The third-order valence-electron chi connectivity index (χ3n) is 4.31. The molecule has 0 radical (unpaired) electrons. The molecule has 0 spiro atoms. The predicted octanol–water partition coefficient (Wildman–Crippen LogP) is 1.66. The third kappa shape index (κ3) is 3.60. The summed E-state index contributed by atoms with van der Waals surface area (Å²) >= 11 is 0. The molecule has 2 unspecified atom stereocenters. The summed E-state index contributed by atoms with van der Waals surface area (Å²) in [4.78, 5) is 12.8. The molecule has 1 amide bonds. The van der Waals surface area contributed by atoms with Gasteiger partial charge in [0.2, 0.25) is 0 Å². The van der Waals surface area contributed by atoms with Crippen LogP contribution >= 0.6 is 0 Å². The summed E-state index contributed by atoms with van der Waals surface area (Å²) in [6.07, 6.45) is 2.55. The average molecular weight is 270 g/mol. The van der Waals surface area contributed by atoms with Crippen molar-refractivity contribution in [3.05, 3.63) is 0 Å². The number of nitrogens with zero attached hydrogens (tertiary/aromatic N) is 1. The van der Waals surface area contributed by atoms with E-state index in [4.69, 9.17) is 0 Å². The Morgan fingerprint density at radius 1 is 1.42 bits per heavy atom. The SMILES string of the molecule is CC(C)(C)C1CC(O)(CNC2CC2)CCN1C(=O)O. The molecule has 0 aromatic carbocycles. The number of rotatable bonds is 3. The third-order valence-corrected chi connectivity index (χ3v) is 4.31. The summed E-state index contributed by atoms with van der Waals surface area (Å²) in [5, 5.41) is 23.4. The van der Waals surface area contributed by atoms with E-state index in [1.165, 1.54) is 17.7 Å². The second kappa shape index (κ2) is 4.94. The largest absolute Gasteiger partial charge is 0.465 e. The van der Waals surface area contributed by atoms with Gasteiger partial charge in [0.05, 0.1) is 5.60 Å².